The summed E-state index contributed by atoms with van der Waals surface area (Å²) in [6.45, 7) is 7.48. The smallest absolute Gasteiger partial charge is 0.408 e. The maximum Gasteiger partial charge on any atom is 0.408 e. The summed E-state index contributed by atoms with van der Waals surface area (Å²) < 4.78 is 29.0. The molecule has 2 bridgehead atoms. The molecule has 0 aromatic carbocycles. The molecule has 1 aliphatic carbocycles. The predicted molar refractivity (Wildman–Crippen MR) is 153 cm³/mol. The van der Waals surface area contributed by atoms with E-state index in [9.17, 15) is 15.2 Å². The molecule has 11 heteroatoms. The minimum Gasteiger partial charge on any atom is -0.478 e. The second-order valence-electron chi connectivity index (χ2n) is 12.6. The second-order valence-corrected chi connectivity index (χ2v) is 12.6. The van der Waals surface area contributed by atoms with Crippen molar-refractivity contribution in [3.63, 3.8) is 0 Å². The summed E-state index contributed by atoms with van der Waals surface area (Å²) in [7, 11) is 0. The van der Waals surface area contributed by atoms with E-state index >= 15 is 0 Å². The molecule has 2 atom stereocenters. The summed E-state index contributed by atoms with van der Waals surface area (Å²) in [5.41, 5.74) is 0.257. The van der Waals surface area contributed by atoms with Gasteiger partial charge in [0.05, 0.1) is 53.7 Å². The van der Waals surface area contributed by atoms with Crippen LogP contribution >= 0.6 is 0 Å². The lowest BCUT2D eigenvalue weighted by Crippen LogP contribution is -2.66. The summed E-state index contributed by atoms with van der Waals surface area (Å²) in [5, 5.41) is 24.4. The molecule has 3 aliphatic heterocycles. The normalized spacial score (nSPS) is 26.4. The van der Waals surface area contributed by atoms with Gasteiger partial charge in [0.2, 0.25) is 5.88 Å². The van der Waals surface area contributed by atoms with Crippen molar-refractivity contribution in [2.24, 2.45) is 0 Å². The number of hydrogen-bond donors (Lipinski definition) is 2. The van der Waals surface area contributed by atoms with Crippen LogP contribution in [-0.2, 0) is 25.4 Å². The minimum absolute atomic E-state index is 0.128. The fraction of sp³-hybridized carbons (Fsp3) is 0.677. The first-order valence-corrected chi connectivity index (χ1v) is 15.0. The molecule has 4 aliphatic rings. The highest BCUT2D eigenvalue weighted by Gasteiger charge is 2.54. The average Bonchev–Trinajstić information content (AvgIpc) is 2.97. The molecule has 42 heavy (non-hydrogen) atoms. The number of aliphatic hydroxyl groups excluding tert-OH is 1. The van der Waals surface area contributed by atoms with E-state index in [1.54, 1.807) is 6.07 Å². The van der Waals surface area contributed by atoms with E-state index in [0.717, 1.165) is 25.9 Å². The van der Waals surface area contributed by atoms with Gasteiger partial charge < -0.3 is 34.1 Å². The van der Waals surface area contributed by atoms with Crippen molar-refractivity contribution in [2.45, 2.75) is 108 Å². The summed E-state index contributed by atoms with van der Waals surface area (Å²) in [6.07, 6.45) is 6.53. The van der Waals surface area contributed by atoms with Crippen molar-refractivity contribution in [3.05, 3.63) is 29.5 Å². The zero-order valence-electron chi connectivity index (χ0n) is 24.8. The lowest BCUT2D eigenvalue weighted by molar-refractivity contribution is -0.206. The number of aliphatic hydroxyl groups is 1. The Labute approximate surface area is 246 Å². The highest BCUT2D eigenvalue weighted by atomic mass is 16.7. The zero-order chi connectivity index (χ0) is 29.8. The first-order chi connectivity index (χ1) is 20.1. The Kier molecular flexibility index (Phi) is 9.18. The molecule has 1 saturated carbocycles. The molecule has 0 spiro atoms. The molecular formula is C31H42N4O7. The summed E-state index contributed by atoms with van der Waals surface area (Å²) in [6, 6.07) is 5.78. The number of alkyl carbamates (subject to hydrolysis) is 1. The standard InChI is InChI=1S/C31H42N4O7/c1-29(2,3)42-28(37)35-30-10-12-31(13-11-30,41-20-30)24(36)17-22-21(18-32)19-33-23-8-9-25(34-27(22)23)38-15-6-16-40-26-7-4-5-14-39-26/h8-9,19,24,26,36H,4-7,10-17,20H2,1-3H3,(H,35,37). The Hall–Kier alpha value is -3.04. The van der Waals surface area contributed by atoms with Crippen LogP contribution < -0.4 is 10.1 Å². The quantitative estimate of drug-likeness (QED) is 0.388. The molecule has 5 heterocycles. The molecule has 6 rings (SSSR count). The van der Waals surface area contributed by atoms with Gasteiger partial charge >= 0.3 is 6.09 Å². The van der Waals surface area contributed by atoms with Crippen LogP contribution in [0.5, 0.6) is 5.88 Å². The van der Waals surface area contributed by atoms with Crippen LogP contribution in [0.2, 0.25) is 0 Å². The number of nitriles is 1. The zero-order valence-corrected chi connectivity index (χ0v) is 24.8. The van der Waals surface area contributed by atoms with Gasteiger partial charge in [-0.3, -0.25) is 4.98 Å². The van der Waals surface area contributed by atoms with E-state index in [0.29, 0.717) is 80.0 Å². The highest BCUT2D eigenvalue weighted by molar-refractivity contribution is 5.80. The van der Waals surface area contributed by atoms with Crippen molar-refractivity contribution in [2.75, 3.05) is 26.4 Å². The predicted octanol–water partition coefficient (Wildman–Crippen LogP) is 4.32. The summed E-state index contributed by atoms with van der Waals surface area (Å²) in [4.78, 5) is 21.5. The van der Waals surface area contributed by atoms with Crippen LogP contribution in [0, 0.1) is 11.3 Å². The van der Waals surface area contributed by atoms with Gasteiger partial charge in [0.15, 0.2) is 6.29 Å². The molecule has 1 amide bonds. The van der Waals surface area contributed by atoms with E-state index in [1.807, 2.05) is 26.8 Å². The Morgan fingerprint density at radius 3 is 2.71 bits per heavy atom. The number of fused-ring (bicyclic) bond motifs is 4. The van der Waals surface area contributed by atoms with Crippen molar-refractivity contribution in [3.8, 4) is 11.9 Å². The maximum absolute atomic E-state index is 12.4. The number of hydrogen-bond acceptors (Lipinski definition) is 10. The molecule has 2 aromatic rings. The summed E-state index contributed by atoms with van der Waals surface area (Å²) in [5.74, 6) is 0.423. The molecule has 3 saturated heterocycles. The van der Waals surface area contributed by atoms with Gasteiger partial charge in [0.25, 0.3) is 0 Å². The first-order valence-electron chi connectivity index (χ1n) is 15.0. The monoisotopic (exact) mass is 582 g/mol. The number of nitrogens with zero attached hydrogens (tertiary/aromatic N) is 3. The SMILES string of the molecule is CC(C)(C)OC(=O)NC12CCC(C(O)Cc3c(C#N)cnc4ccc(OCCCOC5CCCCO5)nc34)(CC1)OC2. The van der Waals surface area contributed by atoms with Gasteiger partial charge in [-0.25, -0.2) is 9.78 Å². The Bertz CT molecular complexity index is 1270. The largest absolute Gasteiger partial charge is 0.478 e. The topological polar surface area (TPSA) is 145 Å². The van der Waals surface area contributed by atoms with Crippen LogP contribution in [-0.4, -0.2) is 76.7 Å². The third-order valence-electron chi connectivity index (χ3n) is 8.35. The third kappa shape index (κ3) is 7.11. The van der Waals surface area contributed by atoms with Crippen LogP contribution in [0.3, 0.4) is 0 Å². The van der Waals surface area contributed by atoms with Crippen molar-refractivity contribution >= 4 is 17.1 Å². The van der Waals surface area contributed by atoms with E-state index in [1.165, 1.54) is 6.20 Å². The van der Waals surface area contributed by atoms with Gasteiger partial charge in [-0.1, -0.05) is 0 Å². The lowest BCUT2D eigenvalue weighted by Gasteiger charge is -2.54. The number of pyridine rings is 2. The molecule has 228 valence electrons. The van der Waals surface area contributed by atoms with Crippen molar-refractivity contribution < 1.29 is 33.6 Å². The number of amides is 1. The van der Waals surface area contributed by atoms with Crippen LogP contribution in [0.4, 0.5) is 4.79 Å². The summed E-state index contributed by atoms with van der Waals surface area (Å²) >= 11 is 0. The molecule has 4 fully saturated rings. The van der Waals surface area contributed by atoms with E-state index < -0.39 is 28.9 Å². The van der Waals surface area contributed by atoms with E-state index in [-0.39, 0.29) is 12.7 Å². The third-order valence-corrected chi connectivity index (χ3v) is 8.35. The average molecular weight is 583 g/mol. The highest BCUT2D eigenvalue weighted by Crippen LogP contribution is 2.46. The second kappa shape index (κ2) is 12.7. The number of aromatic nitrogens is 2. The fourth-order valence-electron chi connectivity index (χ4n) is 5.99. The number of carbonyl (C=O) groups excluding carboxylic acids is 1. The van der Waals surface area contributed by atoms with Crippen LogP contribution in [0.25, 0.3) is 11.0 Å². The van der Waals surface area contributed by atoms with Gasteiger partial charge in [0, 0.05) is 37.3 Å². The van der Waals surface area contributed by atoms with Crippen LogP contribution in [0.15, 0.2) is 18.3 Å². The van der Waals surface area contributed by atoms with E-state index in [2.05, 4.69) is 21.4 Å². The first kappa shape index (κ1) is 30.4. The lowest BCUT2D eigenvalue weighted by atomic mass is 9.68. The van der Waals surface area contributed by atoms with Crippen molar-refractivity contribution in [1.29, 1.82) is 5.26 Å². The van der Waals surface area contributed by atoms with Crippen molar-refractivity contribution in [1.82, 2.24) is 15.3 Å². The molecule has 0 radical (unpaired) electrons. The Morgan fingerprint density at radius 1 is 1.24 bits per heavy atom. The Balaban J connectivity index is 1.22. The van der Waals surface area contributed by atoms with Gasteiger partial charge in [0.1, 0.15) is 11.7 Å². The fourth-order valence-corrected chi connectivity index (χ4v) is 5.99. The number of nitrogens with one attached hydrogen (secondary N) is 1. The minimum atomic E-state index is -0.874. The number of ether oxygens (including phenoxy) is 5. The van der Waals surface area contributed by atoms with E-state index in [4.69, 9.17) is 23.7 Å². The van der Waals surface area contributed by atoms with Gasteiger partial charge in [-0.05, 0) is 71.8 Å². The molecular weight excluding hydrogens is 540 g/mol. The Morgan fingerprint density at radius 2 is 2.05 bits per heavy atom. The maximum atomic E-state index is 12.4. The molecule has 2 unspecified atom stereocenters. The van der Waals surface area contributed by atoms with Gasteiger partial charge in [-0.15, -0.1) is 0 Å². The molecule has 2 aromatic heterocycles. The molecule has 11 nitrogen and oxygen atoms in total. The van der Waals surface area contributed by atoms with Gasteiger partial charge in [-0.2, -0.15) is 5.26 Å². The number of carbonyl (C=O) groups is 1. The molecule has 2 N–H and O–H groups in total. The van der Waals surface area contributed by atoms with Crippen LogP contribution in [0.1, 0.15) is 83.3 Å². The number of rotatable bonds is 10.